The number of anilines is 1. The van der Waals surface area contributed by atoms with Crippen molar-refractivity contribution in [1.82, 2.24) is 9.55 Å². The monoisotopic (exact) mass is 451 g/mol. The Hall–Kier alpha value is -2.57. The van der Waals surface area contributed by atoms with E-state index in [4.69, 9.17) is 14.2 Å². The van der Waals surface area contributed by atoms with Gasteiger partial charge in [-0.1, -0.05) is 12.1 Å². The molecule has 1 aromatic heterocycles. The Bertz CT molecular complexity index is 1050. The highest BCUT2D eigenvalue weighted by atomic mass is 19.1. The van der Waals surface area contributed by atoms with Gasteiger partial charge in [-0.05, 0) is 12.1 Å². The lowest BCUT2D eigenvalue weighted by molar-refractivity contribution is -0.276. The molecule has 0 aliphatic carbocycles. The maximum Gasteiger partial charge on any atom is 0.330 e. The molecule has 32 heavy (non-hydrogen) atoms. The van der Waals surface area contributed by atoms with E-state index in [0.29, 0.717) is 31.6 Å². The average molecular weight is 451 g/mol. The van der Waals surface area contributed by atoms with E-state index in [1.165, 1.54) is 19.4 Å². The second-order valence-electron chi connectivity index (χ2n) is 7.89. The van der Waals surface area contributed by atoms with Crippen molar-refractivity contribution in [3.63, 3.8) is 0 Å². The Morgan fingerprint density at radius 2 is 1.97 bits per heavy atom. The van der Waals surface area contributed by atoms with E-state index < -0.39 is 48.2 Å². The predicted molar refractivity (Wildman–Crippen MR) is 111 cm³/mol. The van der Waals surface area contributed by atoms with Gasteiger partial charge in [0.2, 0.25) is 0 Å². The standard InChI is InChI=1S/C21H26FN3O7/c1-30-21(7-10-24(11-8-21)14-5-3-2-4-13(14)22)32-18-17(28)15(12-26)31-19(18)25-9-6-16(27)23-20(25)29/h2-6,9,15,17-19,26,28H,7-8,10-12H2,1H3,(H,23,27,29)/t15-,17-,18-,19-/m1/s1. The van der Waals surface area contributed by atoms with Crippen molar-refractivity contribution in [2.75, 3.05) is 31.7 Å². The topological polar surface area (TPSA) is 126 Å². The summed E-state index contributed by atoms with van der Waals surface area (Å²) in [7, 11) is 1.48. The molecule has 1 aromatic carbocycles. The minimum atomic E-state index is -1.25. The summed E-state index contributed by atoms with van der Waals surface area (Å²) in [4.78, 5) is 27.8. The van der Waals surface area contributed by atoms with Crippen molar-refractivity contribution in [2.45, 2.75) is 43.2 Å². The second kappa shape index (κ2) is 9.12. The summed E-state index contributed by atoms with van der Waals surface area (Å²) in [5.74, 6) is -1.44. The first-order chi connectivity index (χ1) is 15.4. The summed E-state index contributed by atoms with van der Waals surface area (Å²) in [6.45, 7) is 0.382. The van der Waals surface area contributed by atoms with Crippen molar-refractivity contribution in [3.8, 4) is 0 Å². The van der Waals surface area contributed by atoms with Gasteiger partial charge in [0.05, 0.1) is 12.3 Å². The lowest BCUT2D eigenvalue weighted by Gasteiger charge is -2.43. The fraction of sp³-hybridized carbons (Fsp3) is 0.524. The van der Waals surface area contributed by atoms with Crippen LogP contribution in [0.5, 0.6) is 0 Å². The number of nitrogens with zero attached hydrogens (tertiary/aromatic N) is 2. The van der Waals surface area contributed by atoms with Crippen LogP contribution in [-0.2, 0) is 14.2 Å². The van der Waals surface area contributed by atoms with Crippen LogP contribution in [0.25, 0.3) is 0 Å². The number of aliphatic hydroxyl groups excluding tert-OH is 2. The van der Waals surface area contributed by atoms with Crippen LogP contribution in [-0.4, -0.2) is 70.7 Å². The molecule has 3 heterocycles. The SMILES string of the molecule is COC1(O[C@@H]2[C@H](O)[C@@H](CO)O[C@H]2n2ccc(=O)[nH]c2=O)CCN(c2ccccc2F)CC1. The zero-order valence-corrected chi connectivity index (χ0v) is 17.5. The third kappa shape index (κ3) is 4.21. The molecule has 0 saturated carbocycles. The molecule has 2 aliphatic heterocycles. The van der Waals surface area contributed by atoms with Crippen LogP contribution >= 0.6 is 0 Å². The number of piperidine rings is 1. The highest BCUT2D eigenvalue weighted by molar-refractivity contribution is 5.48. The number of aliphatic hydroxyl groups is 2. The number of rotatable bonds is 6. The van der Waals surface area contributed by atoms with Gasteiger partial charge >= 0.3 is 5.69 Å². The van der Waals surface area contributed by atoms with Crippen LogP contribution in [0, 0.1) is 5.82 Å². The fourth-order valence-corrected chi connectivity index (χ4v) is 4.26. The molecule has 4 rings (SSSR count). The Morgan fingerprint density at radius 1 is 1.25 bits per heavy atom. The van der Waals surface area contributed by atoms with Crippen LogP contribution in [0.3, 0.4) is 0 Å². The van der Waals surface area contributed by atoms with E-state index in [1.54, 1.807) is 18.2 Å². The number of hydrogen-bond donors (Lipinski definition) is 3. The van der Waals surface area contributed by atoms with E-state index >= 15 is 0 Å². The first-order valence-corrected chi connectivity index (χ1v) is 10.4. The van der Waals surface area contributed by atoms with Gasteiger partial charge in [0, 0.05) is 45.3 Å². The van der Waals surface area contributed by atoms with Crippen molar-refractivity contribution in [1.29, 1.82) is 0 Å². The van der Waals surface area contributed by atoms with Crippen molar-refractivity contribution >= 4 is 5.69 Å². The Kier molecular flexibility index (Phi) is 6.45. The number of ether oxygens (including phenoxy) is 3. The quantitative estimate of drug-likeness (QED) is 0.522. The molecule has 0 spiro atoms. The molecule has 10 nitrogen and oxygen atoms in total. The molecule has 11 heteroatoms. The predicted octanol–water partition coefficient (Wildman–Crippen LogP) is -0.0454. The van der Waals surface area contributed by atoms with Gasteiger partial charge in [0.15, 0.2) is 12.0 Å². The summed E-state index contributed by atoms with van der Waals surface area (Å²) in [5.41, 5.74) is -0.822. The number of para-hydroxylation sites is 1. The van der Waals surface area contributed by atoms with Gasteiger partial charge in [-0.15, -0.1) is 0 Å². The van der Waals surface area contributed by atoms with Crippen molar-refractivity contribution in [3.05, 3.63) is 63.2 Å². The van der Waals surface area contributed by atoms with Gasteiger partial charge in [-0.25, -0.2) is 9.18 Å². The van der Waals surface area contributed by atoms with Crippen molar-refractivity contribution < 1.29 is 28.8 Å². The van der Waals surface area contributed by atoms with Crippen LogP contribution in [0.15, 0.2) is 46.1 Å². The van der Waals surface area contributed by atoms with Crippen LogP contribution in [0.2, 0.25) is 0 Å². The van der Waals surface area contributed by atoms with Gasteiger partial charge in [-0.2, -0.15) is 0 Å². The summed E-state index contributed by atoms with van der Waals surface area (Å²) < 4.78 is 32.9. The third-order valence-corrected chi connectivity index (χ3v) is 6.06. The highest BCUT2D eigenvalue weighted by Gasteiger charge is 2.50. The number of benzene rings is 1. The molecule has 174 valence electrons. The van der Waals surface area contributed by atoms with E-state index in [0.717, 1.165) is 10.6 Å². The fourth-order valence-electron chi connectivity index (χ4n) is 4.26. The molecule has 3 N–H and O–H groups in total. The molecular weight excluding hydrogens is 425 g/mol. The Morgan fingerprint density at radius 3 is 2.59 bits per heavy atom. The van der Waals surface area contributed by atoms with Crippen LogP contribution in [0.4, 0.5) is 10.1 Å². The van der Waals surface area contributed by atoms with Gasteiger partial charge in [0.1, 0.15) is 24.1 Å². The zero-order chi connectivity index (χ0) is 22.9. The minimum absolute atomic E-state index is 0.318. The van der Waals surface area contributed by atoms with E-state index in [1.807, 2.05) is 4.90 Å². The molecule has 0 unspecified atom stereocenters. The lowest BCUT2D eigenvalue weighted by atomic mass is 10.0. The first-order valence-electron chi connectivity index (χ1n) is 10.4. The van der Waals surface area contributed by atoms with Gasteiger partial charge < -0.3 is 29.3 Å². The molecule has 0 radical (unpaired) electrons. The number of nitrogens with one attached hydrogen (secondary N) is 1. The second-order valence-corrected chi connectivity index (χ2v) is 7.89. The normalized spacial score (nSPS) is 27.6. The third-order valence-electron chi connectivity index (χ3n) is 6.06. The molecule has 0 amide bonds. The molecule has 2 fully saturated rings. The van der Waals surface area contributed by atoms with Gasteiger partial charge in [-0.3, -0.25) is 14.3 Å². The average Bonchev–Trinajstić information content (AvgIpc) is 3.10. The number of aromatic amines is 1. The van der Waals surface area contributed by atoms with Crippen LogP contribution < -0.4 is 16.1 Å². The van der Waals surface area contributed by atoms with Gasteiger partial charge in [0.25, 0.3) is 5.56 Å². The summed E-state index contributed by atoms with van der Waals surface area (Å²) >= 11 is 0. The Balaban J connectivity index is 1.56. The number of aromatic nitrogens is 2. The van der Waals surface area contributed by atoms with Crippen LogP contribution in [0.1, 0.15) is 19.1 Å². The number of halogens is 1. The summed E-state index contributed by atoms with van der Waals surface area (Å²) in [6, 6.07) is 7.65. The largest absolute Gasteiger partial charge is 0.394 e. The zero-order valence-electron chi connectivity index (χ0n) is 17.5. The minimum Gasteiger partial charge on any atom is -0.394 e. The molecule has 2 aliphatic rings. The number of H-pyrrole nitrogens is 1. The lowest BCUT2D eigenvalue weighted by Crippen LogP contribution is -2.52. The maximum absolute atomic E-state index is 14.2. The molecule has 0 bridgehead atoms. The summed E-state index contributed by atoms with van der Waals surface area (Å²) in [5, 5.41) is 20.3. The molecule has 2 saturated heterocycles. The number of hydrogen-bond acceptors (Lipinski definition) is 8. The van der Waals surface area contributed by atoms with E-state index in [-0.39, 0.29) is 5.82 Å². The van der Waals surface area contributed by atoms with E-state index in [9.17, 15) is 24.2 Å². The smallest absolute Gasteiger partial charge is 0.330 e. The number of methoxy groups -OCH3 is 1. The maximum atomic E-state index is 14.2. The summed E-state index contributed by atoms with van der Waals surface area (Å²) in [6.07, 6.45) is -2.43. The first kappa shape index (κ1) is 22.6. The molecule has 4 atom stereocenters. The van der Waals surface area contributed by atoms with Crippen molar-refractivity contribution in [2.24, 2.45) is 0 Å². The molecular formula is C21H26FN3O7. The highest BCUT2D eigenvalue weighted by Crippen LogP contribution is 2.38. The molecule has 2 aromatic rings. The van der Waals surface area contributed by atoms with E-state index in [2.05, 4.69) is 4.98 Å². The Labute approximate surface area is 182 Å².